The normalized spacial score (nSPS) is 17.9. The van der Waals surface area contributed by atoms with Crippen LogP contribution in [-0.2, 0) is 30.4 Å². The number of benzene rings is 1. The number of ether oxygens (including phenoxy) is 1. The third-order valence-electron chi connectivity index (χ3n) is 5.98. The van der Waals surface area contributed by atoms with Crippen LogP contribution in [0.3, 0.4) is 0 Å². The average molecular weight is 423 g/mol. The number of aromatic nitrogens is 3. The lowest BCUT2D eigenvalue weighted by atomic mass is 9.82. The molecule has 1 aromatic carbocycles. The van der Waals surface area contributed by atoms with Gasteiger partial charge in [-0.05, 0) is 30.0 Å². The van der Waals surface area contributed by atoms with E-state index in [1.807, 2.05) is 50.4 Å². The summed E-state index contributed by atoms with van der Waals surface area (Å²) in [6, 6.07) is 11.5. The Hall–Kier alpha value is -3.06. The summed E-state index contributed by atoms with van der Waals surface area (Å²) in [6.07, 6.45) is 5.02. The van der Waals surface area contributed by atoms with E-state index in [4.69, 9.17) is 4.74 Å². The molecule has 0 N–H and O–H groups in total. The molecule has 4 rings (SSSR count). The lowest BCUT2D eigenvalue weighted by molar-refractivity contribution is -0.0490. The molecule has 0 radical (unpaired) electrons. The van der Waals surface area contributed by atoms with E-state index < -0.39 is 11.4 Å². The van der Waals surface area contributed by atoms with Crippen LogP contribution >= 0.6 is 0 Å². The predicted octanol–water partition coefficient (Wildman–Crippen LogP) is 4.60. The first-order valence-electron chi connectivity index (χ1n) is 10.7. The zero-order valence-corrected chi connectivity index (χ0v) is 18.1. The molecule has 0 saturated carbocycles. The third-order valence-corrected chi connectivity index (χ3v) is 5.98. The number of pyridine rings is 1. The van der Waals surface area contributed by atoms with Gasteiger partial charge in [0.2, 0.25) is 0 Å². The molecule has 1 atom stereocenters. The van der Waals surface area contributed by atoms with E-state index in [0.29, 0.717) is 48.0 Å². The number of rotatable bonds is 8. The number of amides is 1. The number of hydrogen-bond donors (Lipinski definition) is 0. The summed E-state index contributed by atoms with van der Waals surface area (Å²) in [5, 5.41) is 4.76. The van der Waals surface area contributed by atoms with Crippen LogP contribution in [0.4, 0.5) is 4.48 Å². The van der Waals surface area contributed by atoms with Crippen molar-refractivity contribution in [3.63, 3.8) is 0 Å². The molecule has 0 fully saturated rings. The number of fused-ring (bicyclic) bond motifs is 1. The summed E-state index contributed by atoms with van der Waals surface area (Å²) in [5.41, 5.74) is 3.27. The van der Waals surface area contributed by atoms with Crippen LogP contribution in [0.25, 0.3) is 11.4 Å². The first-order chi connectivity index (χ1) is 15.0. The molecule has 7 heteroatoms. The fourth-order valence-electron chi connectivity index (χ4n) is 4.34. The lowest BCUT2D eigenvalue weighted by Gasteiger charge is -2.32. The Labute approximate surface area is 181 Å². The van der Waals surface area contributed by atoms with Gasteiger partial charge in [0, 0.05) is 31.8 Å². The van der Waals surface area contributed by atoms with Crippen LogP contribution in [0.15, 0.2) is 48.8 Å². The molecule has 1 unspecified atom stereocenters. The van der Waals surface area contributed by atoms with Crippen molar-refractivity contribution in [1.29, 1.82) is 0 Å². The fraction of sp³-hybridized carbons (Fsp3) is 0.375. The quantitative estimate of drug-likeness (QED) is 0.393. The molecule has 31 heavy (non-hydrogen) atoms. The van der Waals surface area contributed by atoms with Crippen molar-refractivity contribution in [1.82, 2.24) is 19.9 Å². The van der Waals surface area contributed by atoms with E-state index >= 15 is 4.48 Å². The molecule has 0 saturated heterocycles. The Balaban J connectivity index is 1.79. The molecule has 1 amide bonds. The molecule has 2 aromatic heterocycles. The number of halogens is 1. The smallest absolute Gasteiger partial charge is 0.284 e. The molecule has 162 valence electrons. The SMILES string of the molecule is CCCOCc1cnn(C)c1-c1cc2c(cn1)C(=O)N(F)C2(CC)Cc1ccccc1. The summed E-state index contributed by atoms with van der Waals surface area (Å²) >= 11 is 0. The largest absolute Gasteiger partial charge is 0.377 e. The predicted molar refractivity (Wildman–Crippen MR) is 116 cm³/mol. The van der Waals surface area contributed by atoms with Gasteiger partial charge in [-0.3, -0.25) is 14.5 Å². The molecule has 1 aliphatic rings. The van der Waals surface area contributed by atoms with Crippen molar-refractivity contribution >= 4 is 5.91 Å². The third kappa shape index (κ3) is 3.63. The topological polar surface area (TPSA) is 60.2 Å². The Morgan fingerprint density at radius 3 is 2.65 bits per heavy atom. The van der Waals surface area contributed by atoms with Crippen LogP contribution in [-0.4, -0.2) is 32.4 Å². The van der Waals surface area contributed by atoms with Crippen LogP contribution < -0.4 is 0 Å². The maximum atomic E-state index is 15.4. The maximum Gasteiger partial charge on any atom is 0.284 e. The molecular formula is C24H27FN4O2. The van der Waals surface area contributed by atoms with Gasteiger partial charge in [-0.1, -0.05) is 48.7 Å². The van der Waals surface area contributed by atoms with E-state index in [0.717, 1.165) is 23.2 Å². The van der Waals surface area contributed by atoms with Crippen molar-refractivity contribution in [2.24, 2.45) is 7.05 Å². The molecule has 0 bridgehead atoms. The molecule has 3 heterocycles. The van der Waals surface area contributed by atoms with Gasteiger partial charge < -0.3 is 4.74 Å². The van der Waals surface area contributed by atoms with Gasteiger partial charge in [0.1, 0.15) is 5.54 Å². The molecule has 3 aromatic rings. The minimum atomic E-state index is -1.07. The second-order valence-electron chi connectivity index (χ2n) is 7.94. The highest BCUT2D eigenvalue weighted by atomic mass is 19.2. The highest BCUT2D eigenvalue weighted by Gasteiger charge is 2.50. The van der Waals surface area contributed by atoms with Crippen molar-refractivity contribution < 1.29 is 14.0 Å². The molecule has 0 aliphatic carbocycles. The Bertz CT molecular complexity index is 1080. The monoisotopic (exact) mass is 422 g/mol. The van der Waals surface area contributed by atoms with E-state index in [1.54, 1.807) is 10.9 Å². The molecule has 6 nitrogen and oxygen atoms in total. The van der Waals surface area contributed by atoms with Gasteiger partial charge in [0.25, 0.3) is 5.91 Å². The Morgan fingerprint density at radius 2 is 1.94 bits per heavy atom. The number of nitrogens with zero attached hydrogens (tertiary/aromatic N) is 4. The van der Waals surface area contributed by atoms with Crippen molar-refractivity contribution in [3.8, 4) is 11.4 Å². The summed E-state index contributed by atoms with van der Waals surface area (Å²) in [7, 11) is 1.84. The Kier molecular flexibility index (Phi) is 5.87. The van der Waals surface area contributed by atoms with Crippen LogP contribution in [0.5, 0.6) is 0 Å². The van der Waals surface area contributed by atoms with Crippen molar-refractivity contribution in [2.75, 3.05) is 6.61 Å². The van der Waals surface area contributed by atoms with E-state index in [9.17, 15) is 4.79 Å². The lowest BCUT2D eigenvalue weighted by Crippen LogP contribution is -2.39. The van der Waals surface area contributed by atoms with Gasteiger partial charge in [0.05, 0.1) is 29.8 Å². The van der Waals surface area contributed by atoms with Gasteiger partial charge in [-0.15, -0.1) is 0 Å². The maximum absolute atomic E-state index is 15.4. The summed E-state index contributed by atoms with van der Waals surface area (Å²) in [5.74, 6) is -0.636. The second kappa shape index (κ2) is 8.59. The average Bonchev–Trinajstić information content (AvgIpc) is 3.25. The number of carbonyl (C=O) groups excluding carboxylic acids is 1. The van der Waals surface area contributed by atoms with Crippen LogP contribution in [0.2, 0.25) is 0 Å². The first kappa shape index (κ1) is 21.2. The minimum Gasteiger partial charge on any atom is -0.377 e. The van der Waals surface area contributed by atoms with Crippen LogP contribution in [0, 0.1) is 0 Å². The standard InChI is InChI=1S/C24H27FN4O2/c1-4-11-31-16-18-14-27-28(3)22(18)21-12-20-19(15-26-21)23(30)29(25)24(20,5-2)13-17-9-7-6-8-10-17/h6-10,12,14-15H,4-5,11,13,16H2,1-3H3. The summed E-state index contributed by atoms with van der Waals surface area (Å²) < 4.78 is 22.8. The number of aryl methyl sites for hydroxylation is 1. The van der Waals surface area contributed by atoms with E-state index in [2.05, 4.69) is 17.0 Å². The van der Waals surface area contributed by atoms with Crippen molar-refractivity contribution in [3.05, 3.63) is 71.0 Å². The molecule has 1 aliphatic heterocycles. The van der Waals surface area contributed by atoms with Crippen molar-refractivity contribution in [2.45, 2.75) is 45.3 Å². The highest BCUT2D eigenvalue weighted by molar-refractivity contribution is 5.99. The molecule has 0 spiro atoms. The van der Waals surface area contributed by atoms with E-state index in [1.165, 1.54) is 6.20 Å². The zero-order valence-electron chi connectivity index (χ0n) is 18.1. The number of hydrogen-bond acceptors (Lipinski definition) is 4. The first-order valence-corrected chi connectivity index (χ1v) is 10.7. The van der Waals surface area contributed by atoms with Gasteiger partial charge in [0.15, 0.2) is 0 Å². The van der Waals surface area contributed by atoms with Gasteiger partial charge in [-0.25, -0.2) is 0 Å². The van der Waals surface area contributed by atoms with E-state index in [-0.39, 0.29) is 0 Å². The summed E-state index contributed by atoms with van der Waals surface area (Å²) in [4.78, 5) is 17.2. The molecular weight excluding hydrogens is 395 g/mol. The zero-order chi connectivity index (χ0) is 22.0. The van der Waals surface area contributed by atoms with Gasteiger partial charge in [-0.2, -0.15) is 10.2 Å². The fourth-order valence-corrected chi connectivity index (χ4v) is 4.34. The second-order valence-corrected chi connectivity index (χ2v) is 7.94. The Morgan fingerprint density at radius 1 is 1.16 bits per heavy atom. The van der Waals surface area contributed by atoms with Gasteiger partial charge >= 0.3 is 0 Å². The summed E-state index contributed by atoms with van der Waals surface area (Å²) in [6.45, 7) is 5.05. The number of carbonyl (C=O) groups is 1. The van der Waals surface area contributed by atoms with Crippen LogP contribution in [0.1, 0.15) is 53.7 Å². The minimum absolute atomic E-state index is 0.315. The highest BCUT2D eigenvalue weighted by Crippen LogP contribution is 2.45.